The van der Waals surface area contributed by atoms with E-state index in [1.165, 1.54) is 6.42 Å². The Bertz CT molecular complexity index is 387. The van der Waals surface area contributed by atoms with Crippen molar-refractivity contribution in [3.63, 3.8) is 0 Å². The van der Waals surface area contributed by atoms with Gasteiger partial charge in [0, 0.05) is 31.5 Å². The quantitative estimate of drug-likeness (QED) is 0.868. The number of carbonyl (C=O) groups is 2. The number of nitrogens with one attached hydrogen (secondary N) is 1. The van der Waals surface area contributed by atoms with Gasteiger partial charge in [-0.1, -0.05) is 20.8 Å². The van der Waals surface area contributed by atoms with Crippen LogP contribution in [0.15, 0.2) is 0 Å². The smallest absolute Gasteiger partial charge is 0.225 e. The van der Waals surface area contributed by atoms with E-state index in [2.05, 4.69) is 31.0 Å². The van der Waals surface area contributed by atoms with E-state index < -0.39 is 0 Å². The molecule has 2 amide bonds. The van der Waals surface area contributed by atoms with Crippen LogP contribution in [0.1, 0.15) is 59.3 Å². The van der Waals surface area contributed by atoms with Gasteiger partial charge in [-0.05, 0) is 50.4 Å². The highest BCUT2D eigenvalue weighted by Gasteiger charge is 2.33. The number of carbonyl (C=O) groups excluding carboxylic acids is 2. The molecule has 126 valence electrons. The Kier molecular flexibility index (Phi) is 6.27. The van der Waals surface area contributed by atoms with Crippen LogP contribution in [0, 0.1) is 23.7 Å². The zero-order valence-corrected chi connectivity index (χ0v) is 14.4. The first-order valence-electron chi connectivity index (χ1n) is 9.04. The van der Waals surface area contributed by atoms with E-state index in [4.69, 9.17) is 0 Å². The van der Waals surface area contributed by atoms with Gasteiger partial charge < -0.3 is 10.2 Å². The molecule has 1 N–H and O–H groups in total. The third kappa shape index (κ3) is 4.72. The van der Waals surface area contributed by atoms with Gasteiger partial charge in [0.15, 0.2) is 0 Å². The summed E-state index contributed by atoms with van der Waals surface area (Å²) in [5.41, 5.74) is 0. The van der Waals surface area contributed by atoms with Crippen molar-refractivity contribution in [3.8, 4) is 0 Å². The van der Waals surface area contributed by atoms with E-state index in [1.807, 2.05) is 0 Å². The first kappa shape index (κ1) is 17.3. The van der Waals surface area contributed by atoms with E-state index in [1.54, 1.807) is 0 Å². The molecule has 2 rings (SSSR count). The first-order chi connectivity index (χ1) is 10.5. The van der Waals surface area contributed by atoms with Crippen LogP contribution in [-0.4, -0.2) is 36.3 Å². The Morgan fingerprint density at radius 1 is 1.09 bits per heavy atom. The van der Waals surface area contributed by atoms with Crippen LogP contribution in [0.5, 0.6) is 0 Å². The van der Waals surface area contributed by atoms with Crippen molar-refractivity contribution in [2.24, 2.45) is 23.7 Å². The zero-order valence-electron chi connectivity index (χ0n) is 14.4. The Morgan fingerprint density at radius 2 is 1.73 bits per heavy atom. The Hall–Kier alpha value is -1.06. The number of rotatable bonds is 4. The van der Waals surface area contributed by atoms with Crippen LogP contribution in [0.4, 0.5) is 0 Å². The average Bonchev–Trinajstić information content (AvgIpc) is 2.52. The lowest BCUT2D eigenvalue weighted by Gasteiger charge is -2.35. The minimum atomic E-state index is 0.114. The number of hydrogen-bond acceptors (Lipinski definition) is 2. The van der Waals surface area contributed by atoms with Gasteiger partial charge in [-0.2, -0.15) is 0 Å². The Labute approximate surface area is 135 Å². The summed E-state index contributed by atoms with van der Waals surface area (Å²) in [7, 11) is 0. The molecule has 2 aliphatic rings. The maximum Gasteiger partial charge on any atom is 0.225 e. The molecule has 4 nitrogen and oxygen atoms in total. The maximum absolute atomic E-state index is 12.6. The number of amides is 2. The Balaban J connectivity index is 1.76. The van der Waals surface area contributed by atoms with Crippen LogP contribution >= 0.6 is 0 Å². The summed E-state index contributed by atoms with van der Waals surface area (Å²) in [4.78, 5) is 26.8. The highest BCUT2D eigenvalue weighted by Crippen LogP contribution is 2.31. The predicted molar refractivity (Wildman–Crippen MR) is 88.3 cm³/mol. The lowest BCUT2D eigenvalue weighted by molar-refractivity contribution is -0.140. The first-order valence-corrected chi connectivity index (χ1v) is 9.04. The van der Waals surface area contributed by atoms with E-state index >= 15 is 0 Å². The fourth-order valence-corrected chi connectivity index (χ4v) is 3.70. The molecule has 1 saturated heterocycles. The van der Waals surface area contributed by atoms with Crippen LogP contribution < -0.4 is 5.32 Å². The van der Waals surface area contributed by atoms with Crippen LogP contribution in [0.25, 0.3) is 0 Å². The third-order valence-corrected chi connectivity index (χ3v) is 5.10. The molecular formula is C18H32N2O2. The van der Waals surface area contributed by atoms with Crippen molar-refractivity contribution >= 4 is 11.8 Å². The SMILES string of the molecule is CC(C)CNC(=O)C1CCC(C(=O)N2CCCC(C)C2)CC1. The van der Waals surface area contributed by atoms with E-state index in [0.29, 0.717) is 17.7 Å². The number of nitrogens with zero attached hydrogens (tertiary/aromatic N) is 1. The topological polar surface area (TPSA) is 49.4 Å². The molecule has 1 saturated carbocycles. The molecule has 0 aromatic rings. The van der Waals surface area contributed by atoms with Crippen molar-refractivity contribution in [1.82, 2.24) is 10.2 Å². The van der Waals surface area contributed by atoms with Gasteiger partial charge in [-0.15, -0.1) is 0 Å². The van der Waals surface area contributed by atoms with Crippen LogP contribution in [0.3, 0.4) is 0 Å². The average molecular weight is 308 g/mol. The summed E-state index contributed by atoms with van der Waals surface area (Å²) in [6.07, 6.45) is 5.87. The molecule has 1 atom stereocenters. The second-order valence-electron chi connectivity index (χ2n) is 7.72. The predicted octanol–water partition coefficient (Wildman–Crippen LogP) is 2.82. The second-order valence-corrected chi connectivity index (χ2v) is 7.72. The van der Waals surface area contributed by atoms with Crippen molar-refractivity contribution in [1.29, 1.82) is 0 Å². The highest BCUT2D eigenvalue weighted by atomic mass is 16.2. The van der Waals surface area contributed by atoms with E-state index in [0.717, 1.165) is 51.7 Å². The zero-order chi connectivity index (χ0) is 16.1. The van der Waals surface area contributed by atoms with Gasteiger partial charge in [-0.25, -0.2) is 0 Å². The molecule has 1 heterocycles. The summed E-state index contributed by atoms with van der Waals surface area (Å²) in [6.45, 7) is 9.05. The summed E-state index contributed by atoms with van der Waals surface area (Å²) in [5.74, 6) is 1.92. The van der Waals surface area contributed by atoms with Gasteiger partial charge in [0.25, 0.3) is 0 Å². The summed E-state index contributed by atoms with van der Waals surface area (Å²) >= 11 is 0. The van der Waals surface area contributed by atoms with E-state index in [-0.39, 0.29) is 17.7 Å². The van der Waals surface area contributed by atoms with Gasteiger partial charge >= 0.3 is 0 Å². The number of hydrogen-bond donors (Lipinski definition) is 1. The van der Waals surface area contributed by atoms with Crippen molar-refractivity contribution in [3.05, 3.63) is 0 Å². The lowest BCUT2D eigenvalue weighted by Crippen LogP contribution is -2.44. The maximum atomic E-state index is 12.6. The molecule has 4 heteroatoms. The number of likely N-dealkylation sites (tertiary alicyclic amines) is 1. The van der Waals surface area contributed by atoms with Gasteiger partial charge in [0.1, 0.15) is 0 Å². The fourth-order valence-electron chi connectivity index (χ4n) is 3.70. The molecule has 1 aliphatic heterocycles. The fraction of sp³-hybridized carbons (Fsp3) is 0.889. The normalized spacial score (nSPS) is 29.5. The third-order valence-electron chi connectivity index (χ3n) is 5.10. The standard InChI is InChI=1S/C18H32N2O2/c1-13(2)11-19-17(21)15-6-8-16(9-7-15)18(22)20-10-4-5-14(3)12-20/h13-16H,4-12H2,1-3H3,(H,19,21). The molecule has 0 spiro atoms. The van der Waals surface area contributed by atoms with E-state index in [9.17, 15) is 9.59 Å². The minimum absolute atomic E-state index is 0.114. The molecule has 1 unspecified atom stereocenters. The highest BCUT2D eigenvalue weighted by molar-refractivity contribution is 5.81. The van der Waals surface area contributed by atoms with Gasteiger partial charge in [-0.3, -0.25) is 9.59 Å². The molecule has 0 aromatic heterocycles. The Morgan fingerprint density at radius 3 is 2.32 bits per heavy atom. The van der Waals surface area contributed by atoms with Crippen LogP contribution in [0.2, 0.25) is 0 Å². The molecule has 22 heavy (non-hydrogen) atoms. The monoisotopic (exact) mass is 308 g/mol. The van der Waals surface area contributed by atoms with Gasteiger partial charge in [0.2, 0.25) is 11.8 Å². The summed E-state index contributed by atoms with van der Waals surface area (Å²) < 4.78 is 0. The largest absolute Gasteiger partial charge is 0.356 e. The lowest BCUT2D eigenvalue weighted by atomic mass is 9.80. The molecule has 0 bridgehead atoms. The van der Waals surface area contributed by atoms with Crippen molar-refractivity contribution in [2.45, 2.75) is 59.3 Å². The van der Waals surface area contributed by atoms with Crippen LogP contribution in [-0.2, 0) is 9.59 Å². The summed E-state index contributed by atoms with van der Waals surface area (Å²) in [5, 5.41) is 3.03. The minimum Gasteiger partial charge on any atom is -0.356 e. The molecular weight excluding hydrogens is 276 g/mol. The van der Waals surface area contributed by atoms with Gasteiger partial charge in [0.05, 0.1) is 0 Å². The second kappa shape index (κ2) is 7.98. The number of piperidine rings is 1. The molecule has 2 fully saturated rings. The summed E-state index contributed by atoms with van der Waals surface area (Å²) in [6, 6.07) is 0. The molecule has 1 aliphatic carbocycles. The molecule has 0 radical (unpaired) electrons. The molecule has 0 aromatic carbocycles. The van der Waals surface area contributed by atoms with Crippen molar-refractivity contribution in [2.75, 3.05) is 19.6 Å². The van der Waals surface area contributed by atoms with Crippen molar-refractivity contribution < 1.29 is 9.59 Å².